The summed E-state index contributed by atoms with van der Waals surface area (Å²) < 4.78 is 8.86. The highest BCUT2D eigenvalue weighted by Crippen LogP contribution is 2.43. The Balaban J connectivity index is 1.47. The number of nitrogens with zero attached hydrogens (tertiary/aromatic N) is 3. The maximum Gasteiger partial charge on any atom is 0.150 e. The van der Waals surface area contributed by atoms with E-state index in [-0.39, 0.29) is 5.92 Å². The molecule has 0 spiro atoms. The van der Waals surface area contributed by atoms with E-state index in [1.54, 1.807) is 0 Å². The average molecular weight is 463 g/mol. The third-order valence-electron chi connectivity index (χ3n) is 7.34. The van der Waals surface area contributed by atoms with E-state index in [0.717, 1.165) is 59.7 Å². The van der Waals surface area contributed by atoms with Gasteiger partial charge in [-0.2, -0.15) is 0 Å². The normalized spacial score (nSPS) is 16.8. The predicted octanol–water partition coefficient (Wildman–Crippen LogP) is 5.28. The molecule has 1 aliphatic carbocycles. The van der Waals surface area contributed by atoms with E-state index in [2.05, 4.69) is 37.8 Å². The zero-order valence-corrected chi connectivity index (χ0v) is 21.0. The molecule has 3 aromatic rings. The lowest BCUT2D eigenvalue weighted by molar-refractivity contribution is -0.904. The van der Waals surface area contributed by atoms with Crippen LogP contribution in [-0.2, 0) is 19.2 Å². The fourth-order valence-electron chi connectivity index (χ4n) is 5.42. The van der Waals surface area contributed by atoms with Crippen LogP contribution in [0.15, 0.2) is 66.9 Å². The fourth-order valence-corrected chi connectivity index (χ4v) is 5.42. The Bertz CT molecular complexity index is 1030. The molecule has 5 heteroatoms. The predicted molar refractivity (Wildman–Crippen MR) is 136 cm³/mol. The standard InChI is InChI=1S/C29H40N3O2/c1-31-26(23-32(2,3)20-13-21-34-27-18-11-6-12-19-27)22-30-28(31)29(33,24-14-7-4-8-15-24)25-16-9-5-10-17-25/h4,6-8,11-12,14-15,18-19,22,25,33H,5,9-10,13,16-17,20-21,23H2,1-3H3/q+1. The molecule has 182 valence electrons. The molecule has 0 amide bonds. The topological polar surface area (TPSA) is 47.3 Å². The lowest BCUT2D eigenvalue weighted by Gasteiger charge is -2.38. The summed E-state index contributed by atoms with van der Waals surface area (Å²) in [7, 11) is 6.56. The lowest BCUT2D eigenvalue weighted by Crippen LogP contribution is -2.42. The molecule has 2 aromatic carbocycles. The van der Waals surface area contributed by atoms with E-state index < -0.39 is 5.60 Å². The minimum atomic E-state index is -1.06. The van der Waals surface area contributed by atoms with Crippen molar-refractivity contribution in [1.82, 2.24) is 9.55 Å². The molecule has 5 nitrogen and oxygen atoms in total. The van der Waals surface area contributed by atoms with Crippen LogP contribution < -0.4 is 4.74 Å². The van der Waals surface area contributed by atoms with Crippen molar-refractivity contribution < 1.29 is 14.3 Å². The summed E-state index contributed by atoms with van der Waals surface area (Å²) in [6.45, 7) is 2.56. The van der Waals surface area contributed by atoms with Gasteiger partial charge in [0.05, 0.1) is 39.1 Å². The van der Waals surface area contributed by atoms with Gasteiger partial charge in [0.15, 0.2) is 0 Å². The summed E-state index contributed by atoms with van der Waals surface area (Å²) in [5.74, 6) is 1.88. The van der Waals surface area contributed by atoms with Crippen molar-refractivity contribution in [1.29, 1.82) is 0 Å². The molecule has 0 saturated heterocycles. The van der Waals surface area contributed by atoms with Crippen LogP contribution in [0.4, 0.5) is 0 Å². The Morgan fingerprint density at radius 2 is 1.65 bits per heavy atom. The number of benzene rings is 2. The number of rotatable bonds is 10. The van der Waals surface area contributed by atoms with Crippen molar-refractivity contribution in [2.24, 2.45) is 13.0 Å². The summed E-state index contributed by atoms with van der Waals surface area (Å²) in [5.41, 5.74) is 1.04. The van der Waals surface area contributed by atoms with Gasteiger partial charge in [0.25, 0.3) is 0 Å². The first-order chi connectivity index (χ1) is 16.4. The van der Waals surface area contributed by atoms with Crippen LogP contribution in [0, 0.1) is 5.92 Å². The fraction of sp³-hybridized carbons (Fsp3) is 0.483. The number of para-hydroxylation sites is 1. The molecule has 0 aliphatic heterocycles. The van der Waals surface area contributed by atoms with Crippen LogP contribution in [0.5, 0.6) is 5.75 Å². The van der Waals surface area contributed by atoms with Crippen LogP contribution in [0.2, 0.25) is 0 Å². The molecular weight excluding hydrogens is 422 g/mol. The first-order valence-electron chi connectivity index (χ1n) is 12.7. The second-order valence-electron chi connectivity index (χ2n) is 10.4. The average Bonchev–Trinajstić information content (AvgIpc) is 3.22. The summed E-state index contributed by atoms with van der Waals surface area (Å²) in [6, 6.07) is 20.1. The van der Waals surface area contributed by atoms with Crippen molar-refractivity contribution in [3.63, 3.8) is 0 Å². The van der Waals surface area contributed by atoms with Crippen LogP contribution in [0.25, 0.3) is 0 Å². The third-order valence-corrected chi connectivity index (χ3v) is 7.34. The summed E-state index contributed by atoms with van der Waals surface area (Å²) in [5, 5.41) is 12.2. The van der Waals surface area contributed by atoms with Gasteiger partial charge in [0.1, 0.15) is 23.7 Å². The number of hydrogen-bond acceptors (Lipinski definition) is 3. The zero-order valence-electron chi connectivity index (χ0n) is 21.0. The second kappa shape index (κ2) is 10.7. The molecule has 0 radical (unpaired) electrons. The summed E-state index contributed by atoms with van der Waals surface area (Å²) in [6.07, 6.45) is 8.62. The van der Waals surface area contributed by atoms with Gasteiger partial charge in [-0.25, -0.2) is 4.98 Å². The molecule has 1 heterocycles. The van der Waals surface area contributed by atoms with Crippen molar-refractivity contribution in [3.05, 3.63) is 83.9 Å². The number of imidazole rings is 1. The Morgan fingerprint density at radius 1 is 1.00 bits per heavy atom. The molecule has 34 heavy (non-hydrogen) atoms. The molecule has 1 unspecified atom stereocenters. The monoisotopic (exact) mass is 462 g/mol. The number of aromatic nitrogens is 2. The van der Waals surface area contributed by atoms with Crippen molar-refractivity contribution in [2.75, 3.05) is 27.2 Å². The molecule has 0 bridgehead atoms. The smallest absolute Gasteiger partial charge is 0.150 e. The molecule has 1 saturated carbocycles. The Labute approximate surface area is 204 Å². The Morgan fingerprint density at radius 3 is 2.32 bits per heavy atom. The minimum absolute atomic E-state index is 0.190. The summed E-state index contributed by atoms with van der Waals surface area (Å²) in [4.78, 5) is 4.84. The molecule has 1 aromatic heterocycles. The molecule has 1 fully saturated rings. The van der Waals surface area contributed by atoms with Gasteiger partial charge in [-0.05, 0) is 36.5 Å². The number of ether oxygens (including phenoxy) is 1. The van der Waals surface area contributed by atoms with Crippen molar-refractivity contribution in [2.45, 2.75) is 50.7 Å². The maximum absolute atomic E-state index is 12.2. The highest BCUT2D eigenvalue weighted by atomic mass is 16.5. The van der Waals surface area contributed by atoms with Gasteiger partial charge in [-0.3, -0.25) is 0 Å². The zero-order chi connectivity index (χ0) is 24.0. The second-order valence-corrected chi connectivity index (χ2v) is 10.4. The van der Waals surface area contributed by atoms with Crippen molar-refractivity contribution >= 4 is 0 Å². The molecule has 1 atom stereocenters. The first kappa shape index (κ1) is 24.5. The van der Waals surface area contributed by atoms with Gasteiger partial charge in [0, 0.05) is 13.5 Å². The Hall–Kier alpha value is -2.63. The Kier molecular flexibility index (Phi) is 7.74. The SMILES string of the molecule is Cn1c(C[N+](C)(C)CCCOc2ccccc2)cnc1C(O)(c1ccccc1)C1CCCCC1. The van der Waals surface area contributed by atoms with Gasteiger partial charge < -0.3 is 18.9 Å². The molecule has 1 aliphatic rings. The maximum atomic E-state index is 12.2. The van der Waals surface area contributed by atoms with Crippen LogP contribution in [-0.4, -0.2) is 46.4 Å². The minimum Gasteiger partial charge on any atom is -0.493 e. The summed E-state index contributed by atoms with van der Waals surface area (Å²) >= 11 is 0. The van der Waals surface area contributed by atoms with Gasteiger partial charge in [-0.1, -0.05) is 67.8 Å². The number of quaternary nitrogens is 1. The highest BCUT2D eigenvalue weighted by Gasteiger charge is 2.44. The molecule has 4 rings (SSSR count). The third kappa shape index (κ3) is 5.53. The van der Waals surface area contributed by atoms with E-state index in [1.165, 1.54) is 19.3 Å². The van der Waals surface area contributed by atoms with E-state index in [1.807, 2.05) is 54.7 Å². The van der Waals surface area contributed by atoms with Crippen LogP contribution >= 0.6 is 0 Å². The largest absolute Gasteiger partial charge is 0.493 e. The quantitative estimate of drug-likeness (QED) is 0.329. The molecular formula is C29H40N3O2+. The first-order valence-corrected chi connectivity index (χ1v) is 12.7. The van der Waals surface area contributed by atoms with Crippen LogP contribution in [0.3, 0.4) is 0 Å². The lowest BCUT2D eigenvalue weighted by atomic mass is 9.73. The van der Waals surface area contributed by atoms with Gasteiger partial charge in [0.2, 0.25) is 0 Å². The van der Waals surface area contributed by atoms with E-state index in [4.69, 9.17) is 9.72 Å². The van der Waals surface area contributed by atoms with Crippen molar-refractivity contribution in [3.8, 4) is 5.75 Å². The highest BCUT2D eigenvalue weighted by molar-refractivity contribution is 5.32. The van der Waals surface area contributed by atoms with Crippen LogP contribution in [0.1, 0.15) is 55.6 Å². The molecule has 1 N–H and O–H groups in total. The van der Waals surface area contributed by atoms with Gasteiger partial charge in [-0.15, -0.1) is 0 Å². The van der Waals surface area contributed by atoms with Gasteiger partial charge >= 0.3 is 0 Å². The number of aliphatic hydroxyl groups is 1. The van der Waals surface area contributed by atoms with E-state index in [9.17, 15) is 5.11 Å². The van der Waals surface area contributed by atoms with E-state index >= 15 is 0 Å². The number of hydrogen-bond donors (Lipinski definition) is 1. The van der Waals surface area contributed by atoms with E-state index in [0.29, 0.717) is 6.61 Å².